The Balaban J connectivity index is 2.81. The zero-order valence-corrected chi connectivity index (χ0v) is 13.8. The second-order valence-corrected chi connectivity index (χ2v) is 6.35. The molecule has 0 bridgehead atoms. The van der Waals surface area contributed by atoms with Crippen molar-refractivity contribution in [2.24, 2.45) is 5.84 Å². The Morgan fingerprint density at radius 1 is 1.32 bits per heavy atom. The summed E-state index contributed by atoms with van der Waals surface area (Å²) < 4.78 is 5.68. The van der Waals surface area contributed by atoms with Crippen molar-refractivity contribution in [3.8, 4) is 5.75 Å². The third-order valence-electron chi connectivity index (χ3n) is 3.58. The highest BCUT2D eigenvalue weighted by molar-refractivity contribution is 5.96. The first-order valence-electron chi connectivity index (χ1n) is 7.37. The summed E-state index contributed by atoms with van der Waals surface area (Å²) in [5.74, 6) is 5.66. The summed E-state index contributed by atoms with van der Waals surface area (Å²) >= 11 is 0. The van der Waals surface area contributed by atoms with Gasteiger partial charge >= 0.3 is 0 Å². The molecule has 0 aliphatic rings. The van der Waals surface area contributed by atoms with Crippen LogP contribution in [0.5, 0.6) is 5.75 Å². The van der Waals surface area contributed by atoms with Gasteiger partial charge in [0.1, 0.15) is 11.4 Å². The van der Waals surface area contributed by atoms with Gasteiger partial charge in [-0.25, -0.2) is 10.8 Å². The number of carbonyl (C=O) groups is 1. The van der Waals surface area contributed by atoms with Crippen LogP contribution in [0.25, 0.3) is 10.9 Å². The Hall–Kier alpha value is -2.14. The van der Waals surface area contributed by atoms with Gasteiger partial charge in [0.05, 0.1) is 12.1 Å². The van der Waals surface area contributed by atoms with Crippen molar-refractivity contribution >= 4 is 16.8 Å². The van der Waals surface area contributed by atoms with Gasteiger partial charge in [0.15, 0.2) is 0 Å². The molecule has 1 amide bonds. The van der Waals surface area contributed by atoms with Crippen LogP contribution in [0.3, 0.4) is 0 Å². The van der Waals surface area contributed by atoms with Crippen LogP contribution < -0.4 is 16.0 Å². The van der Waals surface area contributed by atoms with Gasteiger partial charge in [0, 0.05) is 5.39 Å². The molecule has 0 aliphatic carbocycles. The van der Waals surface area contributed by atoms with E-state index in [2.05, 4.69) is 31.2 Å². The molecule has 2 rings (SSSR count). The number of benzene rings is 1. The Kier molecular flexibility index (Phi) is 4.37. The van der Waals surface area contributed by atoms with E-state index in [9.17, 15) is 4.79 Å². The molecule has 0 aliphatic heterocycles. The lowest BCUT2D eigenvalue weighted by molar-refractivity contribution is 0.0949. The zero-order valence-electron chi connectivity index (χ0n) is 13.8. The van der Waals surface area contributed by atoms with E-state index in [1.54, 1.807) is 6.07 Å². The third-order valence-corrected chi connectivity index (χ3v) is 3.58. The molecule has 3 N–H and O–H groups in total. The number of pyridine rings is 1. The number of rotatable bonds is 3. The Morgan fingerprint density at radius 3 is 2.55 bits per heavy atom. The summed E-state index contributed by atoms with van der Waals surface area (Å²) in [5, 5.41) is 0.990. The number of nitrogens with zero attached hydrogens (tertiary/aromatic N) is 1. The Labute approximate surface area is 130 Å². The van der Waals surface area contributed by atoms with E-state index in [0.29, 0.717) is 12.3 Å². The number of nitrogen functional groups attached to an aromatic ring is 1. The highest BCUT2D eigenvalue weighted by Gasteiger charge is 2.21. The number of nitrogens with two attached hydrogens (primary N) is 1. The standard InChI is InChI=1S/C17H23N3O2/c1-6-22-11-8-12-10(2)7-14(16(21)20-18)19-15(12)13(9-11)17(3,4)5/h7-9H,6,18H2,1-5H3,(H,20,21). The first-order valence-corrected chi connectivity index (χ1v) is 7.37. The van der Waals surface area contributed by atoms with Gasteiger partial charge in [-0.05, 0) is 48.6 Å². The zero-order chi connectivity index (χ0) is 16.5. The van der Waals surface area contributed by atoms with Crippen LogP contribution in [0.1, 0.15) is 49.3 Å². The van der Waals surface area contributed by atoms with Crippen molar-refractivity contribution in [2.75, 3.05) is 6.61 Å². The number of aryl methyl sites for hydroxylation is 1. The number of fused-ring (bicyclic) bond motifs is 1. The Morgan fingerprint density at radius 2 is 2.00 bits per heavy atom. The number of amides is 1. The number of hydrazine groups is 1. The summed E-state index contributed by atoms with van der Waals surface area (Å²) in [7, 11) is 0. The molecule has 1 heterocycles. The highest BCUT2D eigenvalue weighted by atomic mass is 16.5. The van der Waals surface area contributed by atoms with E-state index < -0.39 is 5.91 Å². The fraction of sp³-hybridized carbons (Fsp3) is 0.412. The van der Waals surface area contributed by atoms with Gasteiger partial charge < -0.3 is 4.74 Å². The van der Waals surface area contributed by atoms with E-state index >= 15 is 0 Å². The van der Waals surface area contributed by atoms with E-state index in [4.69, 9.17) is 10.6 Å². The van der Waals surface area contributed by atoms with Crippen molar-refractivity contribution in [3.63, 3.8) is 0 Å². The smallest absolute Gasteiger partial charge is 0.283 e. The minimum Gasteiger partial charge on any atom is -0.494 e. The first kappa shape index (κ1) is 16.2. The maximum Gasteiger partial charge on any atom is 0.283 e. The molecule has 0 saturated heterocycles. The van der Waals surface area contributed by atoms with Gasteiger partial charge in [-0.15, -0.1) is 0 Å². The number of carbonyl (C=O) groups excluding carboxylic acids is 1. The molecular weight excluding hydrogens is 278 g/mol. The van der Waals surface area contributed by atoms with E-state index in [-0.39, 0.29) is 5.41 Å². The van der Waals surface area contributed by atoms with Crippen molar-refractivity contribution in [1.82, 2.24) is 10.4 Å². The molecule has 0 radical (unpaired) electrons. The van der Waals surface area contributed by atoms with Crippen molar-refractivity contribution in [2.45, 2.75) is 40.0 Å². The summed E-state index contributed by atoms with van der Waals surface area (Å²) in [5.41, 5.74) is 5.16. The van der Waals surface area contributed by atoms with Gasteiger partial charge in [0.2, 0.25) is 0 Å². The normalized spacial score (nSPS) is 11.5. The topological polar surface area (TPSA) is 77.2 Å². The number of aromatic nitrogens is 1. The summed E-state index contributed by atoms with van der Waals surface area (Å²) in [6.45, 7) is 10.9. The predicted molar refractivity (Wildman–Crippen MR) is 88.0 cm³/mol. The molecule has 5 heteroatoms. The molecule has 0 atom stereocenters. The van der Waals surface area contributed by atoms with Crippen LogP contribution in [0.15, 0.2) is 18.2 Å². The summed E-state index contributed by atoms with van der Waals surface area (Å²) in [6.07, 6.45) is 0. The van der Waals surface area contributed by atoms with Gasteiger partial charge in [-0.3, -0.25) is 10.2 Å². The van der Waals surface area contributed by atoms with Crippen LogP contribution in [-0.4, -0.2) is 17.5 Å². The minimum absolute atomic E-state index is 0.122. The minimum atomic E-state index is -0.390. The van der Waals surface area contributed by atoms with Gasteiger partial charge in [0.25, 0.3) is 5.91 Å². The molecular formula is C17H23N3O2. The molecule has 1 aromatic carbocycles. The van der Waals surface area contributed by atoms with E-state index in [1.807, 2.05) is 26.0 Å². The van der Waals surface area contributed by atoms with Crippen molar-refractivity contribution < 1.29 is 9.53 Å². The fourth-order valence-corrected chi connectivity index (χ4v) is 2.48. The largest absolute Gasteiger partial charge is 0.494 e. The van der Waals surface area contributed by atoms with Crippen LogP contribution in [-0.2, 0) is 5.41 Å². The molecule has 118 valence electrons. The summed E-state index contributed by atoms with van der Waals surface area (Å²) in [6, 6.07) is 5.72. The highest BCUT2D eigenvalue weighted by Crippen LogP contribution is 2.34. The van der Waals surface area contributed by atoms with Gasteiger partial charge in [-0.1, -0.05) is 20.8 Å². The molecule has 0 fully saturated rings. The monoisotopic (exact) mass is 301 g/mol. The van der Waals surface area contributed by atoms with Crippen molar-refractivity contribution in [1.29, 1.82) is 0 Å². The molecule has 2 aromatic rings. The average Bonchev–Trinajstić information content (AvgIpc) is 2.45. The maximum atomic E-state index is 11.8. The quantitative estimate of drug-likeness (QED) is 0.519. The fourth-order valence-electron chi connectivity index (χ4n) is 2.48. The Bertz CT molecular complexity index is 718. The lowest BCUT2D eigenvalue weighted by Gasteiger charge is -2.23. The van der Waals surface area contributed by atoms with E-state index in [0.717, 1.165) is 27.8 Å². The summed E-state index contributed by atoms with van der Waals surface area (Å²) in [4.78, 5) is 16.3. The van der Waals surface area contributed by atoms with Crippen molar-refractivity contribution in [3.05, 3.63) is 35.0 Å². The molecule has 5 nitrogen and oxygen atoms in total. The van der Waals surface area contributed by atoms with Crippen LogP contribution in [0.2, 0.25) is 0 Å². The first-order chi connectivity index (χ1) is 10.3. The second kappa shape index (κ2) is 5.93. The van der Waals surface area contributed by atoms with Gasteiger partial charge in [-0.2, -0.15) is 0 Å². The number of nitrogens with one attached hydrogen (secondary N) is 1. The predicted octanol–water partition coefficient (Wildman–Crippen LogP) is 2.84. The molecule has 22 heavy (non-hydrogen) atoms. The number of hydrogen-bond donors (Lipinski definition) is 2. The SMILES string of the molecule is CCOc1cc(C(C)(C)C)c2nc(C(=O)NN)cc(C)c2c1. The number of ether oxygens (including phenoxy) is 1. The van der Waals surface area contributed by atoms with Crippen LogP contribution in [0, 0.1) is 6.92 Å². The lowest BCUT2D eigenvalue weighted by Crippen LogP contribution is -2.31. The average molecular weight is 301 g/mol. The molecule has 0 unspecified atom stereocenters. The molecule has 0 spiro atoms. The third kappa shape index (κ3) is 3.04. The van der Waals surface area contributed by atoms with E-state index in [1.165, 1.54) is 0 Å². The second-order valence-electron chi connectivity index (χ2n) is 6.35. The van der Waals surface area contributed by atoms with Crippen LogP contribution >= 0.6 is 0 Å². The number of hydrogen-bond acceptors (Lipinski definition) is 4. The van der Waals surface area contributed by atoms with Crippen LogP contribution in [0.4, 0.5) is 0 Å². The molecule has 0 saturated carbocycles. The molecule has 1 aromatic heterocycles. The maximum absolute atomic E-state index is 11.8. The lowest BCUT2D eigenvalue weighted by atomic mass is 9.84.